The highest BCUT2D eigenvalue weighted by atomic mass is 79.9. The number of hydrogen-bond donors (Lipinski definition) is 3. The van der Waals surface area contributed by atoms with Gasteiger partial charge in [-0.3, -0.25) is 0 Å². The molecule has 0 amide bonds. The molecule has 0 unspecified atom stereocenters. The van der Waals surface area contributed by atoms with E-state index in [1.165, 1.54) is 0 Å². The Morgan fingerprint density at radius 3 is 2.85 bits per heavy atom. The second kappa shape index (κ2) is 2.92. The molecule has 2 aromatic rings. The van der Waals surface area contributed by atoms with E-state index < -0.39 is 0 Å². The maximum Gasteiger partial charge on any atom is 0.198 e. The monoisotopic (exact) mass is 240 g/mol. The Bertz CT molecular complexity index is 449. The molecule has 5 heteroatoms. The lowest BCUT2D eigenvalue weighted by molar-refractivity contribution is 1.35. The summed E-state index contributed by atoms with van der Waals surface area (Å²) in [5.74, 6) is 0.397. The zero-order valence-electron chi connectivity index (χ0n) is 6.84. The summed E-state index contributed by atoms with van der Waals surface area (Å²) in [6.07, 6.45) is 0. The van der Waals surface area contributed by atoms with Gasteiger partial charge in [0.1, 0.15) is 5.52 Å². The van der Waals surface area contributed by atoms with Crippen LogP contribution in [0.15, 0.2) is 12.1 Å². The Morgan fingerprint density at radius 2 is 2.15 bits per heavy atom. The number of aromatic nitrogens is 2. The molecule has 0 aliphatic carbocycles. The van der Waals surface area contributed by atoms with Crippen LogP contribution in [-0.2, 0) is 5.33 Å². The van der Waals surface area contributed by atoms with Crippen molar-refractivity contribution in [2.75, 3.05) is 11.5 Å². The van der Waals surface area contributed by atoms with Gasteiger partial charge in [-0.25, -0.2) is 4.98 Å². The van der Waals surface area contributed by atoms with Crippen molar-refractivity contribution < 1.29 is 0 Å². The summed E-state index contributed by atoms with van der Waals surface area (Å²) in [6, 6.07) is 3.86. The molecule has 13 heavy (non-hydrogen) atoms. The Morgan fingerprint density at radius 1 is 1.38 bits per heavy atom. The number of aromatic amines is 1. The lowest BCUT2D eigenvalue weighted by atomic mass is 10.2. The molecule has 0 spiro atoms. The van der Waals surface area contributed by atoms with Crippen LogP contribution in [0.1, 0.15) is 5.56 Å². The van der Waals surface area contributed by atoms with E-state index in [2.05, 4.69) is 25.9 Å². The predicted octanol–water partition coefficient (Wildman–Crippen LogP) is 1.62. The van der Waals surface area contributed by atoms with Crippen LogP contribution in [0.4, 0.5) is 11.6 Å². The van der Waals surface area contributed by atoms with E-state index in [0.717, 1.165) is 21.9 Å². The lowest BCUT2D eigenvalue weighted by Crippen LogP contribution is -1.89. The van der Waals surface area contributed by atoms with Gasteiger partial charge in [0.15, 0.2) is 5.95 Å². The minimum atomic E-state index is 0.397. The molecular weight excluding hydrogens is 232 g/mol. The van der Waals surface area contributed by atoms with E-state index in [0.29, 0.717) is 11.6 Å². The molecule has 0 bridgehead atoms. The van der Waals surface area contributed by atoms with E-state index in [1.54, 1.807) is 0 Å². The summed E-state index contributed by atoms with van der Waals surface area (Å²) >= 11 is 3.36. The van der Waals surface area contributed by atoms with Gasteiger partial charge in [0, 0.05) is 5.33 Å². The molecule has 68 valence electrons. The summed E-state index contributed by atoms with van der Waals surface area (Å²) in [5, 5.41) is 0.770. The maximum absolute atomic E-state index is 5.79. The quantitative estimate of drug-likeness (QED) is 0.524. The fourth-order valence-electron chi connectivity index (χ4n) is 1.30. The molecule has 4 nitrogen and oxygen atoms in total. The number of rotatable bonds is 1. The van der Waals surface area contributed by atoms with Gasteiger partial charge in [0.05, 0.1) is 11.2 Å². The minimum Gasteiger partial charge on any atom is -0.397 e. The molecule has 1 aromatic heterocycles. The average molecular weight is 241 g/mol. The van der Waals surface area contributed by atoms with Crippen LogP contribution in [-0.4, -0.2) is 9.97 Å². The van der Waals surface area contributed by atoms with Gasteiger partial charge in [0.2, 0.25) is 0 Å². The van der Waals surface area contributed by atoms with Crippen LogP contribution >= 0.6 is 15.9 Å². The summed E-state index contributed by atoms with van der Waals surface area (Å²) in [4.78, 5) is 7.01. The van der Waals surface area contributed by atoms with Crippen molar-refractivity contribution in [3.63, 3.8) is 0 Å². The Balaban J connectivity index is 2.75. The lowest BCUT2D eigenvalue weighted by Gasteiger charge is -1.98. The number of nitrogens with two attached hydrogens (primary N) is 2. The van der Waals surface area contributed by atoms with Crippen LogP contribution in [0, 0.1) is 0 Å². The largest absolute Gasteiger partial charge is 0.397 e. The third-order valence-corrected chi connectivity index (χ3v) is 2.50. The number of alkyl halides is 1. The number of anilines is 2. The van der Waals surface area contributed by atoms with Crippen LogP contribution < -0.4 is 11.5 Å². The zero-order valence-corrected chi connectivity index (χ0v) is 8.43. The fraction of sp³-hybridized carbons (Fsp3) is 0.125. The molecule has 0 radical (unpaired) electrons. The van der Waals surface area contributed by atoms with Crippen molar-refractivity contribution in [2.45, 2.75) is 5.33 Å². The van der Waals surface area contributed by atoms with Crippen molar-refractivity contribution in [2.24, 2.45) is 0 Å². The number of nitrogens with one attached hydrogen (secondary N) is 1. The van der Waals surface area contributed by atoms with E-state index in [1.807, 2.05) is 12.1 Å². The van der Waals surface area contributed by atoms with Crippen molar-refractivity contribution in [1.82, 2.24) is 9.97 Å². The summed E-state index contributed by atoms with van der Waals surface area (Å²) in [5.41, 5.74) is 14.7. The predicted molar refractivity (Wildman–Crippen MR) is 57.5 cm³/mol. The standard InChI is InChI=1S/C8H9BrN4/c9-3-4-1-5(10)7-6(2-4)12-8(11)13-7/h1-2H,3,10H2,(H3,11,12,13). The van der Waals surface area contributed by atoms with E-state index in [-0.39, 0.29) is 0 Å². The molecule has 0 fully saturated rings. The van der Waals surface area contributed by atoms with Gasteiger partial charge in [-0.05, 0) is 17.7 Å². The first-order valence-electron chi connectivity index (χ1n) is 3.80. The first kappa shape index (κ1) is 8.37. The topological polar surface area (TPSA) is 80.7 Å². The highest BCUT2D eigenvalue weighted by molar-refractivity contribution is 9.08. The van der Waals surface area contributed by atoms with Gasteiger partial charge in [0.25, 0.3) is 0 Å². The number of benzene rings is 1. The summed E-state index contributed by atoms with van der Waals surface area (Å²) in [7, 11) is 0. The molecule has 1 heterocycles. The first-order valence-corrected chi connectivity index (χ1v) is 4.92. The van der Waals surface area contributed by atoms with Gasteiger partial charge < -0.3 is 16.5 Å². The number of nitrogen functional groups attached to an aromatic ring is 2. The summed E-state index contributed by atoms with van der Waals surface area (Å²) < 4.78 is 0. The van der Waals surface area contributed by atoms with Crippen LogP contribution in [0.5, 0.6) is 0 Å². The molecule has 5 N–H and O–H groups in total. The van der Waals surface area contributed by atoms with Crippen LogP contribution in [0.25, 0.3) is 11.0 Å². The minimum absolute atomic E-state index is 0.397. The number of hydrogen-bond acceptors (Lipinski definition) is 3. The third kappa shape index (κ3) is 1.35. The number of imidazole rings is 1. The van der Waals surface area contributed by atoms with Crippen molar-refractivity contribution in [3.8, 4) is 0 Å². The normalized spacial score (nSPS) is 10.8. The van der Waals surface area contributed by atoms with Gasteiger partial charge in [-0.15, -0.1) is 0 Å². The summed E-state index contributed by atoms with van der Waals surface area (Å²) in [6.45, 7) is 0. The average Bonchev–Trinajstić information content (AvgIpc) is 2.46. The van der Waals surface area contributed by atoms with Crippen LogP contribution in [0.3, 0.4) is 0 Å². The maximum atomic E-state index is 5.79. The van der Waals surface area contributed by atoms with Gasteiger partial charge in [-0.1, -0.05) is 15.9 Å². The molecule has 0 saturated carbocycles. The SMILES string of the molecule is Nc1nc2c(N)cc(CBr)cc2[nH]1. The Hall–Kier alpha value is -1.23. The second-order valence-electron chi connectivity index (χ2n) is 2.84. The zero-order chi connectivity index (χ0) is 9.42. The third-order valence-electron chi connectivity index (χ3n) is 1.85. The molecule has 2 rings (SSSR count). The van der Waals surface area contributed by atoms with Crippen LogP contribution in [0.2, 0.25) is 0 Å². The number of H-pyrrole nitrogens is 1. The molecule has 0 saturated heterocycles. The van der Waals surface area contributed by atoms with E-state index >= 15 is 0 Å². The Kier molecular flexibility index (Phi) is 1.88. The van der Waals surface area contributed by atoms with Crippen molar-refractivity contribution >= 4 is 38.6 Å². The van der Waals surface area contributed by atoms with Gasteiger partial charge >= 0.3 is 0 Å². The highest BCUT2D eigenvalue weighted by Crippen LogP contribution is 2.22. The second-order valence-corrected chi connectivity index (χ2v) is 3.40. The Labute approximate surface area is 83.5 Å². The van der Waals surface area contributed by atoms with Crippen molar-refractivity contribution in [1.29, 1.82) is 0 Å². The molecule has 0 atom stereocenters. The highest BCUT2D eigenvalue weighted by Gasteiger charge is 2.04. The van der Waals surface area contributed by atoms with E-state index in [9.17, 15) is 0 Å². The molecule has 0 aliphatic rings. The number of fused-ring (bicyclic) bond motifs is 1. The number of halogens is 1. The van der Waals surface area contributed by atoms with E-state index in [4.69, 9.17) is 11.5 Å². The number of nitrogens with zero attached hydrogens (tertiary/aromatic N) is 1. The molecule has 1 aromatic carbocycles. The smallest absolute Gasteiger partial charge is 0.198 e. The first-order chi connectivity index (χ1) is 6.20. The fourth-order valence-corrected chi connectivity index (χ4v) is 1.63. The molecular formula is C8H9BrN4. The van der Waals surface area contributed by atoms with Gasteiger partial charge in [-0.2, -0.15) is 0 Å². The molecule has 0 aliphatic heterocycles. The van der Waals surface area contributed by atoms with Crippen molar-refractivity contribution in [3.05, 3.63) is 17.7 Å².